The Balaban J connectivity index is 2.14. The van der Waals surface area contributed by atoms with Gasteiger partial charge >= 0.3 is 0 Å². The highest BCUT2D eigenvalue weighted by Gasteiger charge is 2.21. The van der Waals surface area contributed by atoms with E-state index in [4.69, 9.17) is 32.7 Å². The molecule has 2 nitrogen and oxygen atoms in total. The van der Waals surface area contributed by atoms with Crippen molar-refractivity contribution in [2.45, 2.75) is 0 Å². The maximum Gasteiger partial charge on any atom is 0.184 e. The van der Waals surface area contributed by atoms with E-state index in [0.29, 0.717) is 33.0 Å². The summed E-state index contributed by atoms with van der Waals surface area (Å²) in [6, 6.07) is 8.67. The van der Waals surface area contributed by atoms with Crippen LogP contribution in [0.3, 0.4) is 0 Å². The molecule has 0 bridgehead atoms. The third kappa shape index (κ3) is 1.99. The van der Waals surface area contributed by atoms with Gasteiger partial charge in [0, 0.05) is 22.2 Å². The van der Waals surface area contributed by atoms with Gasteiger partial charge in [-0.15, -0.1) is 0 Å². The molecule has 5 heteroatoms. The van der Waals surface area contributed by atoms with E-state index in [2.05, 4.69) is 15.9 Å². The third-order valence-corrected chi connectivity index (χ3v) is 3.35. The minimum atomic E-state index is 0.569. The maximum atomic E-state index is 5.95. The number of benzene rings is 2. The summed E-state index contributed by atoms with van der Waals surface area (Å²) in [5, 5.41) is 1.17. The second kappa shape index (κ2) is 4.09. The van der Waals surface area contributed by atoms with Crippen molar-refractivity contribution in [2.75, 3.05) is 0 Å². The number of rotatable bonds is 0. The Labute approximate surface area is 116 Å². The molecule has 0 radical (unpaired) electrons. The van der Waals surface area contributed by atoms with E-state index in [-0.39, 0.29) is 0 Å². The summed E-state index contributed by atoms with van der Waals surface area (Å²) in [7, 11) is 0. The predicted octanol–water partition coefficient (Wildman–Crippen LogP) is 5.65. The van der Waals surface area contributed by atoms with E-state index in [1.807, 2.05) is 0 Å². The zero-order valence-electron chi connectivity index (χ0n) is 8.34. The van der Waals surface area contributed by atoms with Crippen LogP contribution >= 0.6 is 39.1 Å². The molecule has 0 amide bonds. The zero-order chi connectivity index (χ0) is 12.0. The fraction of sp³-hybridized carbons (Fsp3) is 0. The molecule has 0 fully saturated rings. The molecule has 0 saturated carbocycles. The summed E-state index contributed by atoms with van der Waals surface area (Å²) >= 11 is 15.2. The largest absolute Gasteiger partial charge is 0.449 e. The molecule has 1 heterocycles. The predicted molar refractivity (Wildman–Crippen MR) is 70.8 cm³/mol. The van der Waals surface area contributed by atoms with Crippen molar-refractivity contribution in [2.24, 2.45) is 0 Å². The molecule has 17 heavy (non-hydrogen) atoms. The first-order valence-corrected chi connectivity index (χ1v) is 6.33. The average molecular weight is 332 g/mol. The molecule has 0 spiro atoms. The lowest BCUT2D eigenvalue weighted by molar-refractivity contribution is 0.358. The van der Waals surface area contributed by atoms with Gasteiger partial charge in [-0.05, 0) is 34.1 Å². The first-order chi connectivity index (χ1) is 8.13. The topological polar surface area (TPSA) is 18.5 Å². The molecule has 0 saturated heterocycles. The average Bonchev–Trinajstić information content (AvgIpc) is 2.26. The second-order valence-electron chi connectivity index (χ2n) is 3.51. The first-order valence-electron chi connectivity index (χ1n) is 4.78. The van der Waals surface area contributed by atoms with Gasteiger partial charge < -0.3 is 9.47 Å². The van der Waals surface area contributed by atoms with Crippen molar-refractivity contribution in [3.63, 3.8) is 0 Å². The number of halogens is 3. The lowest BCUT2D eigenvalue weighted by Crippen LogP contribution is -1.99. The standard InChI is InChI=1S/C12H5BrCl2O2/c13-8-3-7(15)5-11-12(8)17-9-2-1-6(14)4-10(9)16-11/h1-5H. The van der Waals surface area contributed by atoms with Gasteiger partial charge in [0.05, 0.1) is 4.47 Å². The summed E-state index contributed by atoms with van der Waals surface area (Å²) in [4.78, 5) is 0. The monoisotopic (exact) mass is 330 g/mol. The summed E-state index contributed by atoms with van der Waals surface area (Å²) in [6.07, 6.45) is 0. The van der Waals surface area contributed by atoms with Crippen LogP contribution in [0.4, 0.5) is 0 Å². The third-order valence-electron chi connectivity index (χ3n) is 2.31. The summed E-state index contributed by atoms with van der Waals surface area (Å²) in [6.45, 7) is 0. The van der Waals surface area contributed by atoms with Gasteiger partial charge in [0.25, 0.3) is 0 Å². The van der Waals surface area contributed by atoms with Crippen molar-refractivity contribution in [3.05, 3.63) is 44.8 Å². The molecular weight excluding hydrogens is 327 g/mol. The SMILES string of the molecule is Clc1ccc2c(c1)Oc1cc(Cl)cc(Br)c1O2. The molecule has 3 rings (SSSR count). The van der Waals surface area contributed by atoms with E-state index in [1.54, 1.807) is 30.3 Å². The number of ether oxygens (including phenoxy) is 2. The summed E-state index contributed by atoms with van der Waals surface area (Å²) < 4.78 is 12.2. The molecule has 2 aromatic rings. The van der Waals surface area contributed by atoms with E-state index in [0.717, 1.165) is 4.47 Å². The van der Waals surface area contributed by atoms with Crippen LogP contribution < -0.4 is 9.47 Å². The Morgan fingerprint density at radius 2 is 1.59 bits per heavy atom. The van der Waals surface area contributed by atoms with Crippen molar-refractivity contribution in [1.82, 2.24) is 0 Å². The molecule has 0 aliphatic carbocycles. The summed E-state index contributed by atoms with van der Waals surface area (Å²) in [5.41, 5.74) is 0. The molecule has 0 atom stereocenters. The molecule has 1 aliphatic heterocycles. The zero-order valence-corrected chi connectivity index (χ0v) is 11.4. The molecule has 0 N–H and O–H groups in total. The van der Waals surface area contributed by atoms with Gasteiger partial charge in [-0.1, -0.05) is 23.2 Å². The van der Waals surface area contributed by atoms with Gasteiger partial charge in [-0.2, -0.15) is 0 Å². The van der Waals surface area contributed by atoms with Gasteiger partial charge in [0.15, 0.2) is 23.0 Å². The number of hydrogen-bond acceptors (Lipinski definition) is 2. The Hall–Kier alpha value is -0.900. The van der Waals surface area contributed by atoms with E-state index in [1.165, 1.54) is 0 Å². The van der Waals surface area contributed by atoms with Crippen LogP contribution in [0.2, 0.25) is 10.0 Å². The minimum Gasteiger partial charge on any atom is -0.449 e. The van der Waals surface area contributed by atoms with Gasteiger partial charge in [0.1, 0.15) is 0 Å². The lowest BCUT2D eigenvalue weighted by atomic mass is 10.2. The highest BCUT2D eigenvalue weighted by Crippen LogP contribution is 2.50. The van der Waals surface area contributed by atoms with E-state index in [9.17, 15) is 0 Å². The molecule has 0 aromatic heterocycles. The fourth-order valence-electron chi connectivity index (χ4n) is 1.59. The molecule has 1 aliphatic rings. The van der Waals surface area contributed by atoms with Crippen LogP contribution in [-0.4, -0.2) is 0 Å². The van der Waals surface area contributed by atoms with Crippen LogP contribution in [0, 0.1) is 0 Å². The van der Waals surface area contributed by atoms with Crippen molar-refractivity contribution in [3.8, 4) is 23.0 Å². The Bertz CT molecular complexity index is 614. The van der Waals surface area contributed by atoms with E-state index >= 15 is 0 Å². The lowest BCUT2D eigenvalue weighted by Gasteiger charge is -2.21. The normalized spacial score (nSPS) is 12.2. The van der Waals surface area contributed by atoms with Crippen LogP contribution in [0.5, 0.6) is 23.0 Å². The highest BCUT2D eigenvalue weighted by atomic mass is 79.9. The smallest absolute Gasteiger partial charge is 0.184 e. The van der Waals surface area contributed by atoms with Crippen LogP contribution in [0.1, 0.15) is 0 Å². The quantitative estimate of drug-likeness (QED) is 0.529. The highest BCUT2D eigenvalue weighted by molar-refractivity contribution is 9.10. The van der Waals surface area contributed by atoms with Crippen molar-refractivity contribution >= 4 is 39.1 Å². The Morgan fingerprint density at radius 3 is 2.41 bits per heavy atom. The molecule has 2 aromatic carbocycles. The van der Waals surface area contributed by atoms with Crippen LogP contribution in [0.25, 0.3) is 0 Å². The number of hydrogen-bond donors (Lipinski definition) is 0. The number of fused-ring (bicyclic) bond motifs is 2. The van der Waals surface area contributed by atoms with Crippen LogP contribution in [-0.2, 0) is 0 Å². The minimum absolute atomic E-state index is 0.569. The van der Waals surface area contributed by atoms with Crippen molar-refractivity contribution in [1.29, 1.82) is 0 Å². The first kappa shape index (κ1) is 11.2. The van der Waals surface area contributed by atoms with Gasteiger partial charge in [-0.25, -0.2) is 0 Å². The van der Waals surface area contributed by atoms with Crippen LogP contribution in [0.15, 0.2) is 34.8 Å². The fourth-order valence-corrected chi connectivity index (χ4v) is 2.61. The Morgan fingerprint density at radius 1 is 0.824 bits per heavy atom. The molecule has 86 valence electrons. The van der Waals surface area contributed by atoms with Gasteiger partial charge in [0.2, 0.25) is 0 Å². The van der Waals surface area contributed by atoms with Crippen molar-refractivity contribution < 1.29 is 9.47 Å². The van der Waals surface area contributed by atoms with Gasteiger partial charge in [-0.3, -0.25) is 0 Å². The Kier molecular flexibility index (Phi) is 2.69. The maximum absolute atomic E-state index is 5.95. The molecular formula is C12H5BrCl2O2. The second-order valence-corrected chi connectivity index (χ2v) is 5.24. The van der Waals surface area contributed by atoms with E-state index < -0.39 is 0 Å². The summed E-state index contributed by atoms with van der Waals surface area (Å²) in [5.74, 6) is 2.40. The molecule has 0 unspecified atom stereocenters.